The molecule has 1 aromatic carbocycles. The molecule has 2 aromatic heterocycles. The maximum absolute atomic E-state index is 13.6. The van der Waals surface area contributed by atoms with Crippen LogP contribution in [-0.4, -0.2) is 39.4 Å². The van der Waals surface area contributed by atoms with Crippen molar-refractivity contribution in [3.05, 3.63) is 59.1 Å². The molecule has 3 aromatic rings. The number of amides is 2. The second kappa shape index (κ2) is 7.58. The molecule has 0 spiro atoms. The Labute approximate surface area is 180 Å². The number of nitrogens with one attached hydrogen (secondary N) is 1. The Morgan fingerprint density at radius 3 is 2.73 bits per heavy atom. The molecule has 156 valence electrons. The monoisotopic (exact) mass is 421 g/mol. The van der Waals surface area contributed by atoms with Gasteiger partial charge in [-0.1, -0.05) is 43.2 Å². The van der Waals surface area contributed by atoms with E-state index in [0.717, 1.165) is 42.3 Å². The zero-order valence-corrected chi connectivity index (χ0v) is 18.1. The third-order valence-electron chi connectivity index (χ3n) is 6.67. The van der Waals surface area contributed by atoms with Gasteiger partial charge in [0.2, 0.25) is 5.91 Å². The number of hydrogen-bond donors (Lipinski definition) is 1. The lowest BCUT2D eigenvalue weighted by Gasteiger charge is -2.44. The third-order valence-corrected chi connectivity index (χ3v) is 7.63. The molecular weight excluding hydrogens is 394 g/mol. The zero-order valence-electron chi connectivity index (χ0n) is 17.3. The van der Waals surface area contributed by atoms with Crippen LogP contribution in [0.25, 0.3) is 10.2 Å². The standard InChI is InChI=1S/C24H27N3O2S/c1-24(23(29)25-19-9-5-6-10-19)16-26-20(15-18-12-14-30-22(18)26)21(28)27(24)13-11-17-7-3-2-4-8-17/h2-4,7-8,12,14-15,19H,5-6,9-11,13,16H2,1H3,(H,25,29)/t24-/m0/s1. The Morgan fingerprint density at radius 2 is 1.97 bits per heavy atom. The Morgan fingerprint density at radius 1 is 1.20 bits per heavy atom. The normalized spacial score (nSPS) is 21.9. The average molecular weight is 422 g/mol. The lowest BCUT2D eigenvalue weighted by molar-refractivity contribution is -0.133. The quantitative estimate of drug-likeness (QED) is 0.671. The SMILES string of the molecule is C[C@@]1(C(=O)NC2CCCC2)Cn2c(cc3ccsc32)C(=O)N1CCc1ccccc1. The molecule has 1 aliphatic carbocycles. The van der Waals surface area contributed by atoms with Gasteiger partial charge in [-0.05, 0) is 49.3 Å². The van der Waals surface area contributed by atoms with Gasteiger partial charge in [0.15, 0.2) is 0 Å². The highest BCUT2D eigenvalue weighted by molar-refractivity contribution is 7.16. The van der Waals surface area contributed by atoms with E-state index < -0.39 is 5.54 Å². The molecule has 5 nitrogen and oxygen atoms in total. The molecule has 0 unspecified atom stereocenters. The molecule has 3 heterocycles. The van der Waals surface area contributed by atoms with E-state index in [1.807, 2.05) is 47.5 Å². The van der Waals surface area contributed by atoms with Crippen molar-refractivity contribution in [2.45, 2.75) is 57.2 Å². The first-order valence-electron chi connectivity index (χ1n) is 10.8. The second-order valence-electron chi connectivity index (χ2n) is 8.72. The topological polar surface area (TPSA) is 54.3 Å². The maximum atomic E-state index is 13.6. The van der Waals surface area contributed by atoms with Crippen LogP contribution in [0.3, 0.4) is 0 Å². The van der Waals surface area contributed by atoms with Crippen molar-refractivity contribution < 1.29 is 9.59 Å². The van der Waals surface area contributed by atoms with Crippen molar-refractivity contribution in [3.63, 3.8) is 0 Å². The molecule has 2 amide bonds. The summed E-state index contributed by atoms with van der Waals surface area (Å²) >= 11 is 1.63. The fourth-order valence-corrected chi connectivity index (χ4v) is 5.80. The number of hydrogen-bond acceptors (Lipinski definition) is 3. The summed E-state index contributed by atoms with van der Waals surface area (Å²) < 4.78 is 2.05. The second-order valence-corrected chi connectivity index (χ2v) is 9.61. The Balaban J connectivity index is 1.49. The van der Waals surface area contributed by atoms with Crippen LogP contribution in [0.4, 0.5) is 0 Å². The minimum atomic E-state index is -0.905. The van der Waals surface area contributed by atoms with Gasteiger partial charge in [-0.25, -0.2) is 0 Å². The summed E-state index contributed by atoms with van der Waals surface area (Å²) in [5.74, 6) is -0.0791. The van der Waals surface area contributed by atoms with Gasteiger partial charge >= 0.3 is 0 Å². The first kappa shape index (κ1) is 19.4. The van der Waals surface area contributed by atoms with E-state index >= 15 is 0 Å². The molecule has 6 heteroatoms. The van der Waals surface area contributed by atoms with E-state index in [1.54, 1.807) is 11.3 Å². The zero-order chi connectivity index (χ0) is 20.7. The molecule has 5 rings (SSSR count). The van der Waals surface area contributed by atoms with Gasteiger partial charge in [-0.15, -0.1) is 11.3 Å². The first-order valence-corrected chi connectivity index (χ1v) is 11.7. The highest BCUT2D eigenvalue weighted by Gasteiger charge is 2.48. The average Bonchev–Trinajstić information content (AvgIpc) is 3.47. The van der Waals surface area contributed by atoms with Crippen molar-refractivity contribution in [1.29, 1.82) is 0 Å². The number of thiophene rings is 1. The molecule has 1 atom stereocenters. The molecule has 1 fully saturated rings. The minimum Gasteiger partial charge on any atom is -0.351 e. The number of benzene rings is 1. The van der Waals surface area contributed by atoms with E-state index in [-0.39, 0.29) is 17.9 Å². The predicted molar refractivity (Wildman–Crippen MR) is 120 cm³/mol. The van der Waals surface area contributed by atoms with Gasteiger partial charge in [-0.2, -0.15) is 0 Å². The molecular formula is C24H27N3O2S. The summed E-state index contributed by atoms with van der Waals surface area (Å²) in [6.45, 7) is 2.95. The Kier molecular flexibility index (Phi) is 4.89. The third kappa shape index (κ3) is 3.23. The maximum Gasteiger partial charge on any atom is 0.271 e. The lowest BCUT2D eigenvalue weighted by atomic mass is 9.93. The van der Waals surface area contributed by atoms with Crippen LogP contribution in [0.5, 0.6) is 0 Å². The largest absolute Gasteiger partial charge is 0.351 e. The molecule has 0 radical (unpaired) electrons. The van der Waals surface area contributed by atoms with E-state index in [9.17, 15) is 9.59 Å². The van der Waals surface area contributed by atoms with Crippen LogP contribution in [0.2, 0.25) is 0 Å². The van der Waals surface area contributed by atoms with Crippen molar-refractivity contribution in [2.75, 3.05) is 6.54 Å². The van der Waals surface area contributed by atoms with Crippen LogP contribution in [-0.2, 0) is 17.8 Å². The summed E-state index contributed by atoms with van der Waals surface area (Å²) in [4.78, 5) is 30.0. The molecule has 1 aliphatic heterocycles. The van der Waals surface area contributed by atoms with Crippen LogP contribution in [0, 0.1) is 0 Å². The molecule has 0 bridgehead atoms. The van der Waals surface area contributed by atoms with Crippen LogP contribution in [0.15, 0.2) is 47.8 Å². The number of rotatable bonds is 5. The van der Waals surface area contributed by atoms with Gasteiger partial charge in [0.05, 0.1) is 6.54 Å². The van der Waals surface area contributed by atoms with E-state index in [1.165, 1.54) is 5.56 Å². The number of aromatic nitrogens is 1. The van der Waals surface area contributed by atoms with Crippen molar-refractivity contribution in [1.82, 2.24) is 14.8 Å². The fourth-order valence-electron chi connectivity index (χ4n) is 4.90. The molecule has 2 aliphatic rings. The van der Waals surface area contributed by atoms with E-state index in [0.29, 0.717) is 18.8 Å². The van der Waals surface area contributed by atoms with Crippen LogP contribution >= 0.6 is 11.3 Å². The summed E-state index contributed by atoms with van der Waals surface area (Å²) in [6, 6.07) is 14.4. The predicted octanol–water partition coefficient (Wildman–Crippen LogP) is 4.22. The van der Waals surface area contributed by atoms with Crippen molar-refractivity contribution >= 4 is 33.4 Å². The van der Waals surface area contributed by atoms with Gasteiger partial charge in [0.1, 0.15) is 16.1 Å². The fraction of sp³-hybridized carbons (Fsp3) is 0.417. The van der Waals surface area contributed by atoms with Gasteiger partial charge in [0, 0.05) is 18.0 Å². The van der Waals surface area contributed by atoms with Gasteiger partial charge < -0.3 is 14.8 Å². The molecule has 1 N–H and O–H groups in total. The summed E-state index contributed by atoms with van der Waals surface area (Å²) in [7, 11) is 0. The number of nitrogens with zero attached hydrogens (tertiary/aromatic N) is 2. The Bertz CT molecular complexity index is 1080. The summed E-state index contributed by atoms with van der Waals surface area (Å²) in [6.07, 6.45) is 5.12. The smallest absolute Gasteiger partial charge is 0.271 e. The first-order chi connectivity index (χ1) is 14.6. The number of carbonyl (C=O) groups is 2. The van der Waals surface area contributed by atoms with Crippen molar-refractivity contribution in [2.24, 2.45) is 0 Å². The summed E-state index contributed by atoms with van der Waals surface area (Å²) in [5.41, 5.74) is 0.957. The molecule has 0 saturated heterocycles. The molecule has 1 saturated carbocycles. The minimum absolute atomic E-state index is 0.0279. The number of fused-ring (bicyclic) bond motifs is 3. The van der Waals surface area contributed by atoms with E-state index in [4.69, 9.17) is 0 Å². The van der Waals surface area contributed by atoms with Gasteiger partial charge in [0.25, 0.3) is 5.91 Å². The van der Waals surface area contributed by atoms with Gasteiger partial charge in [-0.3, -0.25) is 9.59 Å². The highest BCUT2D eigenvalue weighted by Crippen LogP contribution is 2.35. The van der Waals surface area contributed by atoms with Crippen LogP contribution < -0.4 is 5.32 Å². The number of carbonyl (C=O) groups excluding carboxylic acids is 2. The lowest BCUT2D eigenvalue weighted by Crippen LogP contribution is -2.65. The molecule has 30 heavy (non-hydrogen) atoms. The van der Waals surface area contributed by atoms with E-state index in [2.05, 4.69) is 22.0 Å². The van der Waals surface area contributed by atoms with Crippen LogP contribution in [0.1, 0.15) is 48.7 Å². The Hall–Kier alpha value is -2.60. The van der Waals surface area contributed by atoms with Crippen molar-refractivity contribution in [3.8, 4) is 0 Å². The summed E-state index contributed by atoms with van der Waals surface area (Å²) in [5, 5.41) is 6.38. The highest BCUT2D eigenvalue weighted by atomic mass is 32.1.